The van der Waals surface area contributed by atoms with Crippen LogP contribution in [0.5, 0.6) is 0 Å². The third-order valence-corrected chi connectivity index (χ3v) is 2.95. The molecule has 1 atom stereocenters. The summed E-state index contributed by atoms with van der Waals surface area (Å²) in [6.45, 7) is 3.39. The van der Waals surface area contributed by atoms with E-state index in [1.807, 2.05) is 4.90 Å². The van der Waals surface area contributed by atoms with Gasteiger partial charge in [-0.2, -0.15) is 0 Å². The minimum atomic E-state index is -0.268. The number of rotatable bonds is 1. The van der Waals surface area contributed by atoms with Crippen LogP contribution < -0.4 is 10.6 Å². The number of carbonyl (C=O) groups is 2. The topological polar surface area (TPSA) is 61.4 Å². The second-order valence-corrected chi connectivity index (χ2v) is 4.09. The van der Waals surface area contributed by atoms with Crippen molar-refractivity contribution >= 4 is 11.8 Å². The van der Waals surface area contributed by atoms with Crippen molar-refractivity contribution in [2.24, 2.45) is 0 Å². The molecule has 0 aromatic heterocycles. The van der Waals surface area contributed by atoms with Gasteiger partial charge in [0.25, 0.3) is 0 Å². The van der Waals surface area contributed by atoms with Crippen LogP contribution in [-0.2, 0) is 9.59 Å². The molecule has 2 N–H and O–H groups in total. The normalized spacial score (nSPS) is 27.3. The monoisotopic (exact) mass is 211 g/mol. The fourth-order valence-electron chi connectivity index (χ4n) is 2.09. The summed E-state index contributed by atoms with van der Waals surface area (Å²) in [5, 5.41) is 5.97. The van der Waals surface area contributed by atoms with Gasteiger partial charge in [0.1, 0.15) is 6.04 Å². The van der Waals surface area contributed by atoms with Gasteiger partial charge < -0.3 is 15.5 Å². The molecule has 2 aliphatic rings. The van der Waals surface area contributed by atoms with Crippen LogP contribution in [0.4, 0.5) is 0 Å². The smallest absolute Gasteiger partial charge is 0.245 e. The van der Waals surface area contributed by atoms with Gasteiger partial charge in [0.2, 0.25) is 11.8 Å². The van der Waals surface area contributed by atoms with Crippen LogP contribution in [0.25, 0.3) is 0 Å². The lowest BCUT2D eigenvalue weighted by Gasteiger charge is -2.23. The van der Waals surface area contributed by atoms with E-state index in [0.29, 0.717) is 12.8 Å². The van der Waals surface area contributed by atoms with Crippen LogP contribution in [0.2, 0.25) is 0 Å². The Bertz CT molecular complexity index is 259. The minimum Gasteiger partial charge on any atom is -0.344 e. The van der Waals surface area contributed by atoms with E-state index in [9.17, 15) is 9.59 Å². The lowest BCUT2D eigenvalue weighted by atomic mass is 10.2. The van der Waals surface area contributed by atoms with E-state index in [4.69, 9.17) is 0 Å². The molecule has 0 saturated carbocycles. The fraction of sp³-hybridized carbons (Fsp3) is 0.800. The number of hydrogen-bond donors (Lipinski definition) is 2. The Morgan fingerprint density at radius 2 is 2.20 bits per heavy atom. The summed E-state index contributed by atoms with van der Waals surface area (Å²) in [6, 6.07) is -0.268. The Labute approximate surface area is 89.2 Å². The van der Waals surface area contributed by atoms with Crippen LogP contribution in [0.1, 0.15) is 19.3 Å². The van der Waals surface area contributed by atoms with Crippen LogP contribution in [0.15, 0.2) is 0 Å². The number of hydrogen-bond acceptors (Lipinski definition) is 3. The highest BCUT2D eigenvalue weighted by Gasteiger charge is 2.30. The average Bonchev–Trinajstić information content (AvgIpc) is 2.53. The van der Waals surface area contributed by atoms with Crippen molar-refractivity contribution in [2.75, 3.05) is 26.2 Å². The van der Waals surface area contributed by atoms with Gasteiger partial charge in [-0.25, -0.2) is 0 Å². The molecule has 5 heteroatoms. The lowest BCUT2D eigenvalue weighted by molar-refractivity contribution is -0.134. The first-order chi connectivity index (χ1) is 7.27. The van der Waals surface area contributed by atoms with E-state index in [1.165, 1.54) is 0 Å². The molecule has 5 nitrogen and oxygen atoms in total. The summed E-state index contributed by atoms with van der Waals surface area (Å²) >= 11 is 0. The molecule has 2 aliphatic heterocycles. The molecular formula is C10H17N3O2. The van der Waals surface area contributed by atoms with Gasteiger partial charge in [0.05, 0.1) is 0 Å². The lowest BCUT2D eigenvalue weighted by Crippen LogP contribution is -2.45. The number of carbonyl (C=O) groups excluding carboxylic acids is 2. The molecule has 0 unspecified atom stereocenters. The van der Waals surface area contributed by atoms with E-state index in [1.54, 1.807) is 0 Å². The Balaban J connectivity index is 1.91. The van der Waals surface area contributed by atoms with Gasteiger partial charge in [-0.15, -0.1) is 0 Å². The first kappa shape index (κ1) is 10.4. The van der Waals surface area contributed by atoms with Gasteiger partial charge in [0, 0.05) is 26.1 Å². The zero-order valence-electron chi connectivity index (χ0n) is 8.79. The summed E-state index contributed by atoms with van der Waals surface area (Å²) in [6.07, 6.45) is 2.14. The third-order valence-electron chi connectivity index (χ3n) is 2.95. The van der Waals surface area contributed by atoms with E-state index >= 15 is 0 Å². The highest BCUT2D eigenvalue weighted by molar-refractivity contribution is 5.90. The SMILES string of the molecule is O=C1CC[C@H](C(=O)N2CCCNCC2)N1. The first-order valence-corrected chi connectivity index (χ1v) is 5.56. The quantitative estimate of drug-likeness (QED) is 0.590. The van der Waals surface area contributed by atoms with Gasteiger partial charge >= 0.3 is 0 Å². The molecule has 2 amide bonds. The Morgan fingerprint density at radius 1 is 1.33 bits per heavy atom. The summed E-state index contributed by atoms with van der Waals surface area (Å²) in [4.78, 5) is 24.9. The molecule has 0 spiro atoms. The number of nitrogens with zero attached hydrogens (tertiary/aromatic N) is 1. The Morgan fingerprint density at radius 3 is 2.93 bits per heavy atom. The number of amides is 2. The number of nitrogens with one attached hydrogen (secondary N) is 2. The highest BCUT2D eigenvalue weighted by Crippen LogP contribution is 2.10. The molecule has 2 fully saturated rings. The maximum Gasteiger partial charge on any atom is 0.245 e. The molecule has 0 bridgehead atoms. The van der Waals surface area contributed by atoms with Crippen LogP contribution >= 0.6 is 0 Å². The second-order valence-electron chi connectivity index (χ2n) is 4.09. The summed E-state index contributed by atoms with van der Waals surface area (Å²) in [5.74, 6) is 0.0887. The second kappa shape index (κ2) is 4.61. The standard InChI is InChI=1S/C10H17N3O2/c14-9-3-2-8(12-9)10(15)13-6-1-4-11-5-7-13/h8,11H,1-7H2,(H,12,14)/t8-/m1/s1. The molecule has 0 aliphatic carbocycles. The van der Waals surface area contributed by atoms with Crippen molar-refractivity contribution < 1.29 is 9.59 Å². The maximum absolute atomic E-state index is 12.0. The Kier molecular flexibility index (Phi) is 3.20. The molecule has 84 valence electrons. The molecule has 0 aromatic carbocycles. The zero-order valence-corrected chi connectivity index (χ0v) is 8.79. The van der Waals surface area contributed by atoms with Gasteiger partial charge in [-0.3, -0.25) is 9.59 Å². The van der Waals surface area contributed by atoms with E-state index in [2.05, 4.69) is 10.6 Å². The molecule has 0 aromatic rings. The predicted octanol–water partition coefficient (Wildman–Crippen LogP) is -0.913. The molecule has 2 saturated heterocycles. The summed E-state index contributed by atoms with van der Waals surface area (Å²) in [7, 11) is 0. The van der Waals surface area contributed by atoms with Crippen LogP contribution in [-0.4, -0.2) is 48.9 Å². The highest BCUT2D eigenvalue weighted by atomic mass is 16.2. The maximum atomic E-state index is 12.0. The zero-order chi connectivity index (χ0) is 10.7. The van der Waals surface area contributed by atoms with Crippen molar-refractivity contribution in [3.63, 3.8) is 0 Å². The predicted molar refractivity (Wildman–Crippen MR) is 55.2 cm³/mol. The van der Waals surface area contributed by atoms with Crippen LogP contribution in [0, 0.1) is 0 Å². The Hall–Kier alpha value is -1.10. The molecule has 2 heterocycles. The van der Waals surface area contributed by atoms with Crippen molar-refractivity contribution in [1.82, 2.24) is 15.5 Å². The van der Waals surface area contributed by atoms with Crippen molar-refractivity contribution in [3.8, 4) is 0 Å². The summed E-state index contributed by atoms with van der Waals surface area (Å²) < 4.78 is 0. The van der Waals surface area contributed by atoms with Crippen molar-refractivity contribution in [2.45, 2.75) is 25.3 Å². The molecule has 2 rings (SSSR count). The van der Waals surface area contributed by atoms with Gasteiger partial charge in [-0.05, 0) is 19.4 Å². The first-order valence-electron chi connectivity index (χ1n) is 5.56. The molecule has 15 heavy (non-hydrogen) atoms. The van der Waals surface area contributed by atoms with Gasteiger partial charge in [-0.1, -0.05) is 0 Å². The van der Waals surface area contributed by atoms with Crippen molar-refractivity contribution in [1.29, 1.82) is 0 Å². The summed E-state index contributed by atoms with van der Waals surface area (Å²) in [5.41, 5.74) is 0. The van der Waals surface area contributed by atoms with E-state index in [-0.39, 0.29) is 17.9 Å². The van der Waals surface area contributed by atoms with Crippen LogP contribution in [0.3, 0.4) is 0 Å². The molecule has 0 radical (unpaired) electrons. The molecular weight excluding hydrogens is 194 g/mol. The van der Waals surface area contributed by atoms with Gasteiger partial charge in [0.15, 0.2) is 0 Å². The van der Waals surface area contributed by atoms with E-state index < -0.39 is 0 Å². The van der Waals surface area contributed by atoms with Crippen molar-refractivity contribution in [3.05, 3.63) is 0 Å². The fourth-order valence-corrected chi connectivity index (χ4v) is 2.09. The third kappa shape index (κ3) is 2.47. The average molecular weight is 211 g/mol. The largest absolute Gasteiger partial charge is 0.344 e. The minimum absolute atomic E-state index is 0.00120. The van der Waals surface area contributed by atoms with E-state index in [0.717, 1.165) is 32.6 Å².